The predicted molar refractivity (Wildman–Crippen MR) is 66.2 cm³/mol. The maximum absolute atomic E-state index is 12.2. The zero-order valence-corrected chi connectivity index (χ0v) is 11.7. The van der Waals surface area contributed by atoms with Crippen LogP contribution in [0.25, 0.3) is 0 Å². The molecule has 0 aliphatic carbocycles. The Morgan fingerprint density at radius 1 is 1.24 bits per heavy atom. The number of aromatic nitrogens is 3. The zero-order chi connectivity index (χ0) is 12.6. The number of nitrogens with zero attached hydrogens (tertiary/aromatic N) is 3. The van der Waals surface area contributed by atoms with E-state index in [1.165, 1.54) is 12.7 Å². The summed E-state index contributed by atoms with van der Waals surface area (Å²) in [6, 6.07) is 3.40. The van der Waals surface area contributed by atoms with E-state index in [4.69, 9.17) is 0 Å². The molecule has 0 N–H and O–H groups in total. The van der Waals surface area contributed by atoms with Crippen molar-refractivity contribution in [2.75, 3.05) is 0 Å². The molecule has 0 atom stereocenters. The number of halogens is 1. The molecule has 0 fully saturated rings. The second-order valence-electron chi connectivity index (χ2n) is 3.64. The Balaban J connectivity index is 2.67. The highest BCUT2D eigenvalue weighted by Gasteiger charge is 2.20. The van der Waals surface area contributed by atoms with Gasteiger partial charge in [0, 0.05) is 4.47 Å². The molecule has 0 aliphatic heterocycles. The van der Waals surface area contributed by atoms with E-state index >= 15 is 0 Å². The molecule has 90 valence electrons. The Hall–Kier alpha value is -1.21. The molecule has 2 aromatic rings. The van der Waals surface area contributed by atoms with Gasteiger partial charge in [0.05, 0.1) is 4.90 Å². The van der Waals surface area contributed by atoms with Crippen LogP contribution in [-0.4, -0.2) is 22.6 Å². The van der Waals surface area contributed by atoms with Crippen molar-refractivity contribution in [2.45, 2.75) is 18.7 Å². The zero-order valence-electron chi connectivity index (χ0n) is 9.25. The first-order valence-corrected chi connectivity index (χ1v) is 7.03. The summed E-state index contributed by atoms with van der Waals surface area (Å²) in [4.78, 5) is 3.89. The van der Waals surface area contributed by atoms with E-state index in [1.807, 2.05) is 6.92 Å². The monoisotopic (exact) mass is 315 g/mol. The Morgan fingerprint density at radius 3 is 2.53 bits per heavy atom. The van der Waals surface area contributed by atoms with Crippen molar-refractivity contribution in [3.05, 3.63) is 40.4 Å². The van der Waals surface area contributed by atoms with Crippen LogP contribution in [0.15, 0.2) is 34.2 Å². The molecule has 0 aliphatic rings. The summed E-state index contributed by atoms with van der Waals surface area (Å²) in [5.41, 5.74) is 1.52. The largest absolute Gasteiger partial charge is 0.284 e. The lowest BCUT2D eigenvalue weighted by molar-refractivity contribution is 0.579. The summed E-state index contributed by atoms with van der Waals surface area (Å²) < 4.78 is 26.2. The second-order valence-corrected chi connectivity index (χ2v) is 6.26. The summed E-state index contributed by atoms with van der Waals surface area (Å²) in [6.45, 7) is 3.58. The van der Waals surface area contributed by atoms with Gasteiger partial charge in [-0.1, -0.05) is 15.9 Å². The number of benzene rings is 1. The van der Waals surface area contributed by atoms with E-state index in [-0.39, 0.29) is 4.90 Å². The number of rotatable bonds is 2. The molecule has 7 heteroatoms. The molecule has 0 spiro atoms. The van der Waals surface area contributed by atoms with Crippen molar-refractivity contribution >= 4 is 26.0 Å². The van der Waals surface area contributed by atoms with E-state index in [1.54, 1.807) is 19.1 Å². The average Bonchev–Trinajstić information content (AvgIpc) is 2.77. The van der Waals surface area contributed by atoms with E-state index in [2.05, 4.69) is 26.0 Å². The fourth-order valence-electron chi connectivity index (χ4n) is 1.45. The SMILES string of the molecule is Cc1cc(S(=O)(=O)n2cncn2)c(C)cc1Br. The topological polar surface area (TPSA) is 64.8 Å². The van der Waals surface area contributed by atoms with Crippen LogP contribution in [0.1, 0.15) is 11.1 Å². The quantitative estimate of drug-likeness (QED) is 0.849. The molecule has 5 nitrogen and oxygen atoms in total. The molecule has 0 saturated heterocycles. The van der Waals surface area contributed by atoms with Gasteiger partial charge in [0.1, 0.15) is 12.7 Å². The Labute approximate surface area is 108 Å². The molecular weight excluding hydrogens is 306 g/mol. The fraction of sp³-hybridized carbons (Fsp3) is 0.200. The minimum atomic E-state index is -3.64. The highest BCUT2D eigenvalue weighted by Crippen LogP contribution is 2.25. The molecule has 0 bridgehead atoms. The van der Waals surface area contributed by atoms with Gasteiger partial charge in [0.15, 0.2) is 0 Å². The van der Waals surface area contributed by atoms with Crippen molar-refractivity contribution in [1.29, 1.82) is 0 Å². The van der Waals surface area contributed by atoms with Crippen LogP contribution >= 0.6 is 15.9 Å². The van der Waals surface area contributed by atoms with Crippen LogP contribution in [0.4, 0.5) is 0 Å². The first-order chi connectivity index (χ1) is 7.93. The van der Waals surface area contributed by atoms with E-state index in [0.29, 0.717) is 5.56 Å². The minimum Gasteiger partial charge on any atom is -0.222 e. The van der Waals surface area contributed by atoms with Crippen molar-refractivity contribution in [3.8, 4) is 0 Å². The number of hydrogen-bond acceptors (Lipinski definition) is 4. The normalized spacial score (nSPS) is 11.7. The molecule has 0 amide bonds. The molecule has 1 heterocycles. The van der Waals surface area contributed by atoms with Gasteiger partial charge in [-0.15, -0.1) is 9.19 Å². The third-order valence-corrected chi connectivity index (χ3v) is 4.91. The van der Waals surface area contributed by atoms with E-state index in [9.17, 15) is 8.42 Å². The lowest BCUT2D eigenvalue weighted by Crippen LogP contribution is -2.15. The molecule has 0 unspecified atom stereocenters. The first-order valence-electron chi connectivity index (χ1n) is 4.80. The van der Waals surface area contributed by atoms with Crippen LogP contribution in [0, 0.1) is 13.8 Å². The summed E-state index contributed by atoms with van der Waals surface area (Å²) >= 11 is 3.37. The standard InChI is InChI=1S/C10H10BrN3O2S/c1-7-4-10(8(2)3-9(7)11)17(15,16)14-6-12-5-13-14/h3-6H,1-2H3. The number of hydrogen-bond donors (Lipinski definition) is 0. The minimum absolute atomic E-state index is 0.240. The molecular formula is C10H10BrN3O2S. The van der Waals surface area contributed by atoms with E-state index < -0.39 is 10.0 Å². The summed E-state index contributed by atoms with van der Waals surface area (Å²) in [5.74, 6) is 0. The molecule has 0 saturated carbocycles. The van der Waals surface area contributed by atoms with Gasteiger partial charge in [-0.25, -0.2) is 4.98 Å². The fourth-order valence-corrected chi connectivity index (χ4v) is 3.25. The highest BCUT2D eigenvalue weighted by molar-refractivity contribution is 9.10. The van der Waals surface area contributed by atoms with E-state index in [0.717, 1.165) is 14.1 Å². The molecule has 1 aromatic heterocycles. The molecule has 17 heavy (non-hydrogen) atoms. The van der Waals surface area contributed by atoms with Crippen molar-refractivity contribution in [2.24, 2.45) is 0 Å². The maximum atomic E-state index is 12.2. The van der Waals surface area contributed by atoms with Crippen molar-refractivity contribution in [1.82, 2.24) is 14.2 Å². The van der Waals surface area contributed by atoms with Crippen LogP contribution in [0.5, 0.6) is 0 Å². The smallest absolute Gasteiger partial charge is 0.222 e. The van der Waals surface area contributed by atoms with Crippen LogP contribution in [0.2, 0.25) is 0 Å². The average molecular weight is 316 g/mol. The highest BCUT2D eigenvalue weighted by atomic mass is 79.9. The van der Waals surface area contributed by atoms with Gasteiger partial charge in [-0.05, 0) is 37.1 Å². The van der Waals surface area contributed by atoms with Gasteiger partial charge in [-0.2, -0.15) is 8.42 Å². The lowest BCUT2D eigenvalue weighted by Gasteiger charge is -2.09. The van der Waals surface area contributed by atoms with Crippen LogP contribution in [-0.2, 0) is 10.0 Å². The third kappa shape index (κ3) is 2.12. The summed E-state index contributed by atoms with van der Waals surface area (Å²) in [6.07, 6.45) is 2.37. The van der Waals surface area contributed by atoms with Crippen LogP contribution < -0.4 is 0 Å². The Bertz CT molecular complexity index is 650. The molecule has 1 aromatic carbocycles. The third-order valence-electron chi connectivity index (χ3n) is 2.38. The molecule has 2 rings (SSSR count). The second kappa shape index (κ2) is 4.23. The summed E-state index contributed by atoms with van der Waals surface area (Å²) in [7, 11) is -3.64. The summed E-state index contributed by atoms with van der Waals surface area (Å²) in [5, 5.41) is 3.66. The molecule has 0 radical (unpaired) electrons. The lowest BCUT2D eigenvalue weighted by atomic mass is 10.2. The number of aryl methyl sites for hydroxylation is 2. The maximum Gasteiger partial charge on any atom is 0.284 e. The van der Waals surface area contributed by atoms with Gasteiger partial charge in [0.25, 0.3) is 10.0 Å². The van der Waals surface area contributed by atoms with Crippen molar-refractivity contribution < 1.29 is 8.42 Å². The van der Waals surface area contributed by atoms with Gasteiger partial charge < -0.3 is 0 Å². The van der Waals surface area contributed by atoms with Crippen LogP contribution in [0.3, 0.4) is 0 Å². The van der Waals surface area contributed by atoms with Gasteiger partial charge in [-0.3, -0.25) is 0 Å². The predicted octanol–water partition coefficient (Wildman–Crippen LogP) is 1.89. The van der Waals surface area contributed by atoms with Crippen molar-refractivity contribution in [3.63, 3.8) is 0 Å². The Kier molecular flexibility index (Phi) is 3.05. The van der Waals surface area contributed by atoms with Gasteiger partial charge in [0.2, 0.25) is 0 Å². The first kappa shape index (κ1) is 12.3. The Morgan fingerprint density at radius 2 is 1.94 bits per heavy atom. The van der Waals surface area contributed by atoms with Gasteiger partial charge >= 0.3 is 0 Å².